The number of nitrogens with zero attached hydrogens (tertiary/aromatic N) is 2. The first-order chi connectivity index (χ1) is 11.9. The average Bonchev–Trinajstić information content (AvgIpc) is 2.86. The third-order valence-electron chi connectivity index (χ3n) is 4.33. The van der Waals surface area contributed by atoms with Gasteiger partial charge >= 0.3 is 10.3 Å². The summed E-state index contributed by atoms with van der Waals surface area (Å²) in [4.78, 5) is 24.8. The fourth-order valence-electron chi connectivity index (χ4n) is 3.12. The van der Waals surface area contributed by atoms with Crippen LogP contribution in [0, 0.1) is 0 Å². The molecule has 0 unspecified atom stereocenters. The first-order valence-electron chi connectivity index (χ1n) is 7.28. The van der Waals surface area contributed by atoms with Gasteiger partial charge < -0.3 is 15.1 Å². The summed E-state index contributed by atoms with van der Waals surface area (Å²) in [6.07, 6.45) is 0.0853. The Morgan fingerprint density at radius 2 is 1.81 bits per heavy atom. The smallest absolute Gasteiger partial charge is 0.362 e. The van der Waals surface area contributed by atoms with Gasteiger partial charge in [-0.25, -0.2) is 12.7 Å². The minimum Gasteiger partial charge on any atom is -0.504 e. The number of carbonyl (C=O) groups excluding carboxylic acids is 2. The van der Waals surface area contributed by atoms with Gasteiger partial charge in [0.05, 0.1) is 10.9 Å². The van der Waals surface area contributed by atoms with E-state index < -0.39 is 66.2 Å². The Balaban J connectivity index is 1.77. The van der Waals surface area contributed by atoms with Gasteiger partial charge in [0.1, 0.15) is 11.8 Å². The lowest BCUT2D eigenvalue weighted by Crippen LogP contribution is -2.68. The van der Waals surface area contributed by atoms with Crippen LogP contribution in [-0.2, 0) is 29.7 Å². The zero-order chi connectivity index (χ0) is 19.4. The van der Waals surface area contributed by atoms with Crippen molar-refractivity contribution in [2.75, 3.05) is 12.3 Å². The van der Waals surface area contributed by atoms with Crippen LogP contribution in [0.5, 0.6) is 11.5 Å². The maximum atomic E-state index is 12.3. The molecule has 2 heterocycles. The van der Waals surface area contributed by atoms with Gasteiger partial charge in [-0.15, -0.1) is 0 Å². The maximum Gasteiger partial charge on any atom is 0.362 e. The second-order valence-electron chi connectivity index (χ2n) is 5.91. The Morgan fingerprint density at radius 3 is 2.38 bits per heavy atom. The molecular weight excluding hydrogens is 392 g/mol. The van der Waals surface area contributed by atoms with Crippen LogP contribution in [0.1, 0.15) is 6.42 Å². The van der Waals surface area contributed by atoms with Crippen molar-refractivity contribution in [2.45, 2.75) is 23.4 Å². The van der Waals surface area contributed by atoms with Crippen molar-refractivity contribution < 1.29 is 41.2 Å². The molecule has 2 aliphatic rings. The second-order valence-corrected chi connectivity index (χ2v) is 9.19. The lowest BCUT2D eigenvalue weighted by Gasteiger charge is -2.42. The van der Waals surface area contributed by atoms with Crippen molar-refractivity contribution in [3.8, 4) is 11.5 Å². The summed E-state index contributed by atoms with van der Waals surface area (Å²) >= 11 is 0. The Bertz CT molecular complexity index is 1000. The van der Waals surface area contributed by atoms with Crippen LogP contribution in [0.3, 0.4) is 0 Å². The number of hydrogen-bond donors (Lipinski definition) is 3. The summed E-state index contributed by atoms with van der Waals surface area (Å²) in [6, 6.07) is 0.714. The molecular formula is C13H14N2O9S2. The highest BCUT2D eigenvalue weighted by Crippen LogP contribution is 2.36. The number of phenolic OH excluding ortho intramolecular Hbond substituents is 2. The maximum absolute atomic E-state index is 12.3. The van der Waals surface area contributed by atoms with Crippen LogP contribution >= 0.6 is 0 Å². The average molecular weight is 406 g/mol. The lowest BCUT2D eigenvalue weighted by molar-refractivity contribution is -0.150. The molecule has 2 saturated heterocycles. The van der Waals surface area contributed by atoms with Crippen LogP contribution in [-0.4, -0.2) is 77.0 Å². The van der Waals surface area contributed by atoms with Crippen LogP contribution in [0.25, 0.3) is 0 Å². The van der Waals surface area contributed by atoms with E-state index in [1.807, 2.05) is 0 Å². The van der Waals surface area contributed by atoms with Crippen molar-refractivity contribution in [2.24, 2.45) is 0 Å². The van der Waals surface area contributed by atoms with Gasteiger partial charge in [-0.1, -0.05) is 0 Å². The highest BCUT2D eigenvalue weighted by Gasteiger charge is 2.60. The van der Waals surface area contributed by atoms with E-state index in [1.54, 1.807) is 0 Å². The number of β-lactam (4-membered cyclic amide) rings is 1. The van der Waals surface area contributed by atoms with Gasteiger partial charge in [0.2, 0.25) is 5.91 Å². The number of rotatable bonds is 4. The Labute approximate surface area is 148 Å². The van der Waals surface area contributed by atoms with Gasteiger partial charge in [-0.05, 0) is 18.6 Å². The number of carbonyl (C=O) groups is 2. The standard InChI is InChI=1S/C13H14N2O9S2/c16-9-2-1-7(5-10(9)17)25(20,21)6-11(18)14-4-3-8-12(14)13(19)15(8)26(22,23)24/h1-2,5,8,12,16-17H,3-4,6H2,(H,22,23,24)/t8-,12+/m1/s1. The van der Waals surface area contributed by atoms with E-state index in [-0.39, 0.29) is 17.3 Å². The number of phenols is 2. The van der Waals surface area contributed by atoms with Crippen molar-refractivity contribution in [1.82, 2.24) is 9.21 Å². The topological polar surface area (TPSA) is 170 Å². The molecule has 142 valence electrons. The van der Waals surface area contributed by atoms with E-state index in [0.717, 1.165) is 23.1 Å². The van der Waals surface area contributed by atoms with Crippen molar-refractivity contribution in [3.05, 3.63) is 18.2 Å². The first-order valence-corrected chi connectivity index (χ1v) is 10.3. The Hall–Kier alpha value is -2.38. The van der Waals surface area contributed by atoms with Crippen molar-refractivity contribution >= 4 is 32.0 Å². The van der Waals surface area contributed by atoms with E-state index >= 15 is 0 Å². The molecule has 0 spiro atoms. The highest BCUT2D eigenvalue weighted by atomic mass is 32.2. The molecule has 3 rings (SSSR count). The number of amides is 2. The molecule has 0 aromatic heterocycles. The molecule has 2 amide bonds. The van der Waals surface area contributed by atoms with Gasteiger partial charge in [-0.2, -0.15) is 8.42 Å². The van der Waals surface area contributed by atoms with E-state index in [4.69, 9.17) is 4.55 Å². The van der Waals surface area contributed by atoms with E-state index in [2.05, 4.69) is 0 Å². The third-order valence-corrected chi connectivity index (χ3v) is 6.87. The number of aromatic hydroxyl groups is 2. The molecule has 2 atom stereocenters. The zero-order valence-electron chi connectivity index (χ0n) is 13.0. The summed E-state index contributed by atoms with van der Waals surface area (Å²) < 4.78 is 56.1. The number of likely N-dealkylation sites (tertiary alicyclic amines) is 1. The monoisotopic (exact) mass is 406 g/mol. The largest absolute Gasteiger partial charge is 0.504 e. The molecule has 2 aliphatic heterocycles. The summed E-state index contributed by atoms with van der Waals surface area (Å²) in [5, 5.41) is 18.6. The highest BCUT2D eigenvalue weighted by molar-refractivity contribution is 7.92. The summed E-state index contributed by atoms with van der Waals surface area (Å²) in [7, 11) is -8.90. The summed E-state index contributed by atoms with van der Waals surface area (Å²) in [5.41, 5.74) is 0. The van der Waals surface area contributed by atoms with Gasteiger partial charge in [-0.3, -0.25) is 14.1 Å². The van der Waals surface area contributed by atoms with Crippen molar-refractivity contribution in [3.63, 3.8) is 0 Å². The molecule has 1 aromatic rings. The molecule has 2 fully saturated rings. The number of hydrogen-bond acceptors (Lipinski definition) is 8. The van der Waals surface area contributed by atoms with Gasteiger partial charge in [0, 0.05) is 12.6 Å². The second kappa shape index (κ2) is 5.82. The predicted octanol–water partition coefficient (Wildman–Crippen LogP) is -1.51. The quantitative estimate of drug-likeness (QED) is 0.305. The Morgan fingerprint density at radius 1 is 1.15 bits per heavy atom. The van der Waals surface area contributed by atoms with Crippen molar-refractivity contribution in [1.29, 1.82) is 0 Å². The normalized spacial score (nSPS) is 22.9. The minimum atomic E-state index is -4.73. The lowest BCUT2D eigenvalue weighted by atomic mass is 10.0. The first kappa shape index (κ1) is 18.4. The third kappa shape index (κ3) is 2.87. The summed E-state index contributed by atoms with van der Waals surface area (Å²) in [5.74, 6) is -4.10. The summed E-state index contributed by atoms with van der Waals surface area (Å²) in [6.45, 7) is -0.0394. The van der Waals surface area contributed by atoms with Crippen LogP contribution in [0.4, 0.5) is 0 Å². The van der Waals surface area contributed by atoms with E-state index in [9.17, 15) is 36.6 Å². The fourth-order valence-corrected chi connectivity index (χ4v) is 5.24. The zero-order valence-corrected chi connectivity index (χ0v) is 14.6. The molecule has 0 aliphatic carbocycles. The van der Waals surface area contributed by atoms with E-state index in [0.29, 0.717) is 0 Å². The van der Waals surface area contributed by atoms with E-state index in [1.165, 1.54) is 0 Å². The SMILES string of the molecule is O=C(CS(=O)(=O)c1ccc(O)c(O)c1)N1CC[C@@H]2[C@H]1C(=O)N2S(=O)(=O)O. The van der Waals surface area contributed by atoms with Crippen LogP contribution < -0.4 is 0 Å². The molecule has 0 saturated carbocycles. The van der Waals surface area contributed by atoms with Gasteiger partial charge in [0.25, 0.3) is 5.91 Å². The molecule has 11 nitrogen and oxygen atoms in total. The molecule has 26 heavy (non-hydrogen) atoms. The minimum absolute atomic E-state index is 0.0394. The predicted molar refractivity (Wildman–Crippen MR) is 84.1 cm³/mol. The molecule has 1 aromatic carbocycles. The fraction of sp³-hybridized carbons (Fsp3) is 0.385. The molecule has 13 heteroatoms. The van der Waals surface area contributed by atoms with Crippen LogP contribution in [0.15, 0.2) is 23.1 Å². The number of sulfone groups is 1. The Kier molecular flexibility index (Phi) is 4.12. The van der Waals surface area contributed by atoms with Crippen LogP contribution in [0.2, 0.25) is 0 Å². The molecule has 0 radical (unpaired) electrons. The number of benzene rings is 1. The number of fused-ring (bicyclic) bond motifs is 1. The van der Waals surface area contributed by atoms with Gasteiger partial charge in [0.15, 0.2) is 21.3 Å². The molecule has 0 bridgehead atoms. The molecule has 3 N–H and O–H groups in total.